The molecule has 0 unspecified atom stereocenters. The van der Waals surface area contributed by atoms with Crippen LogP contribution >= 0.6 is 0 Å². The first-order chi connectivity index (χ1) is 18.5. The predicted molar refractivity (Wildman–Crippen MR) is 146 cm³/mol. The lowest BCUT2D eigenvalue weighted by Crippen LogP contribution is -2.38. The van der Waals surface area contributed by atoms with Gasteiger partial charge in [-0.3, -0.25) is 9.48 Å². The lowest BCUT2D eigenvalue weighted by molar-refractivity contribution is 0.0715. The first kappa shape index (κ1) is 23.7. The Bertz CT molecular complexity index is 1610. The monoisotopic (exact) mass is 507 g/mol. The minimum absolute atomic E-state index is 0.0670. The van der Waals surface area contributed by atoms with Gasteiger partial charge < -0.3 is 19.9 Å². The average Bonchev–Trinajstić information content (AvgIpc) is 3.58. The Balaban J connectivity index is 1.01. The van der Waals surface area contributed by atoms with Crippen LogP contribution in [-0.4, -0.2) is 49.1 Å². The number of benzene rings is 2. The molecule has 9 heteroatoms. The van der Waals surface area contributed by atoms with E-state index in [1.165, 1.54) is 5.56 Å². The molecule has 1 aliphatic rings. The van der Waals surface area contributed by atoms with E-state index in [2.05, 4.69) is 32.8 Å². The van der Waals surface area contributed by atoms with E-state index in [-0.39, 0.29) is 11.9 Å². The number of imidazole rings is 1. The molecule has 1 saturated heterocycles. The van der Waals surface area contributed by atoms with Crippen LogP contribution in [0, 0.1) is 0 Å². The quantitative estimate of drug-likeness (QED) is 0.364. The lowest BCUT2D eigenvalue weighted by atomic mass is 9.89. The van der Waals surface area contributed by atoms with Gasteiger partial charge in [0.25, 0.3) is 5.91 Å². The lowest BCUT2D eigenvalue weighted by Gasteiger charge is -2.32. The van der Waals surface area contributed by atoms with Gasteiger partial charge in [0, 0.05) is 56.3 Å². The summed E-state index contributed by atoms with van der Waals surface area (Å²) in [7, 11) is 1.89. The number of piperidine rings is 1. The number of aryl methyl sites for hydroxylation is 1. The maximum absolute atomic E-state index is 13.2. The van der Waals surface area contributed by atoms with Gasteiger partial charge in [0.2, 0.25) is 0 Å². The molecule has 0 radical (unpaired) electrons. The normalized spacial score (nSPS) is 14.2. The van der Waals surface area contributed by atoms with Gasteiger partial charge in [-0.25, -0.2) is 9.78 Å². The van der Waals surface area contributed by atoms with Crippen molar-refractivity contribution in [3.05, 3.63) is 96.1 Å². The molecular weight excluding hydrogens is 478 g/mol. The zero-order valence-electron chi connectivity index (χ0n) is 21.2. The summed E-state index contributed by atoms with van der Waals surface area (Å²) in [5.41, 5.74) is 5.48. The van der Waals surface area contributed by atoms with E-state index in [0.717, 1.165) is 40.6 Å². The number of rotatable bonds is 5. The summed E-state index contributed by atoms with van der Waals surface area (Å²) in [6.45, 7) is 1.85. The molecule has 38 heavy (non-hydrogen) atoms. The summed E-state index contributed by atoms with van der Waals surface area (Å²) < 4.78 is 3.72. The largest absolute Gasteiger partial charge is 0.339 e. The summed E-state index contributed by atoms with van der Waals surface area (Å²) in [4.78, 5) is 31.9. The van der Waals surface area contributed by atoms with Crippen molar-refractivity contribution < 1.29 is 9.59 Å². The standard InChI is InChI=1S/C29H29N7O2/c1-34-26-4-2-3-24(25(26)19-32-34)28(37)36-14-10-22(11-15-36)21-5-7-23(8-6-21)33-29(38)31-18-20-9-13-35-16-12-30-27(35)17-20/h2-9,12-13,16-17,19,22H,10-11,14-15,18H2,1H3,(H2,31,33,38). The van der Waals surface area contributed by atoms with Crippen LogP contribution in [0.1, 0.15) is 40.2 Å². The molecule has 4 heterocycles. The Kier molecular flexibility index (Phi) is 6.25. The molecule has 3 aromatic heterocycles. The number of hydrogen-bond donors (Lipinski definition) is 2. The average molecular weight is 508 g/mol. The Morgan fingerprint density at radius 2 is 1.84 bits per heavy atom. The molecule has 1 fully saturated rings. The van der Waals surface area contributed by atoms with Gasteiger partial charge in [-0.05, 0) is 66.3 Å². The number of anilines is 1. The van der Waals surface area contributed by atoms with E-state index in [4.69, 9.17) is 0 Å². The summed E-state index contributed by atoms with van der Waals surface area (Å²) in [5.74, 6) is 0.450. The summed E-state index contributed by atoms with van der Waals surface area (Å²) in [6, 6.07) is 17.5. The first-order valence-corrected chi connectivity index (χ1v) is 12.8. The molecule has 1 aliphatic heterocycles. The fraction of sp³-hybridized carbons (Fsp3) is 0.241. The Labute approximate surface area is 220 Å². The zero-order chi connectivity index (χ0) is 26.1. The van der Waals surface area contributed by atoms with Crippen LogP contribution < -0.4 is 10.6 Å². The highest BCUT2D eigenvalue weighted by Gasteiger charge is 2.26. The van der Waals surface area contributed by atoms with Gasteiger partial charge in [0.1, 0.15) is 5.65 Å². The number of nitrogens with one attached hydrogen (secondary N) is 2. The highest BCUT2D eigenvalue weighted by atomic mass is 16.2. The van der Waals surface area contributed by atoms with Crippen LogP contribution in [0.2, 0.25) is 0 Å². The Morgan fingerprint density at radius 3 is 2.66 bits per heavy atom. The number of pyridine rings is 1. The number of carbonyl (C=O) groups excluding carboxylic acids is 2. The van der Waals surface area contributed by atoms with E-state index >= 15 is 0 Å². The first-order valence-electron chi connectivity index (χ1n) is 12.8. The van der Waals surface area contributed by atoms with Gasteiger partial charge in [-0.1, -0.05) is 18.2 Å². The molecule has 2 N–H and O–H groups in total. The van der Waals surface area contributed by atoms with Crippen LogP contribution in [0.4, 0.5) is 10.5 Å². The molecule has 9 nitrogen and oxygen atoms in total. The molecule has 3 amide bonds. The number of urea groups is 1. The van der Waals surface area contributed by atoms with Crippen molar-refractivity contribution in [3.63, 3.8) is 0 Å². The molecule has 2 aromatic carbocycles. The Morgan fingerprint density at radius 1 is 1.03 bits per heavy atom. The molecule has 6 rings (SSSR count). The molecule has 0 atom stereocenters. The van der Waals surface area contributed by atoms with Crippen molar-refractivity contribution in [2.45, 2.75) is 25.3 Å². The number of fused-ring (bicyclic) bond motifs is 2. The topological polar surface area (TPSA) is 96.6 Å². The zero-order valence-corrected chi connectivity index (χ0v) is 21.2. The summed E-state index contributed by atoms with van der Waals surface area (Å²) >= 11 is 0. The molecule has 192 valence electrons. The van der Waals surface area contributed by atoms with Gasteiger partial charge >= 0.3 is 6.03 Å². The second-order valence-corrected chi connectivity index (χ2v) is 9.73. The number of amides is 3. The summed E-state index contributed by atoms with van der Waals surface area (Å²) in [5, 5.41) is 11.0. The number of aromatic nitrogens is 4. The van der Waals surface area contributed by atoms with Crippen molar-refractivity contribution in [1.82, 2.24) is 29.4 Å². The minimum atomic E-state index is -0.253. The van der Waals surface area contributed by atoms with Crippen LogP contribution in [-0.2, 0) is 13.6 Å². The van der Waals surface area contributed by atoms with Crippen molar-refractivity contribution >= 4 is 34.2 Å². The van der Waals surface area contributed by atoms with Crippen LogP contribution in [0.15, 0.2) is 79.4 Å². The highest BCUT2D eigenvalue weighted by molar-refractivity contribution is 6.06. The third kappa shape index (κ3) is 4.70. The third-order valence-electron chi connectivity index (χ3n) is 7.36. The SMILES string of the molecule is Cn1ncc2c(C(=O)N3CCC(c4ccc(NC(=O)NCc5ccn6ccnc6c5)cc4)CC3)cccc21. The maximum atomic E-state index is 13.2. The summed E-state index contributed by atoms with van der Waals surface area (Å²) in [6.07, 6.45) is 9.14. The van der Waals surface area contributed by atoms with Gasteiger partial charge in [0.05, 0.1) is 17.3 Å². The Hall–Kier alpha value is -4.66. The smallest absolute Gasteiger partial charge is 0.319 e. The van der Waals surface area contributed by atoms with Crippen molar-refractivity contribution in [1.29, 1.82) is 0 Å². The fourth-order valence-corrected chi connectivity index (χ4v) is 5.21. The second kappa shape index (κ2) is 10.0. The number of nitrogens with zero attached hydrogens (tertiary/aromatic N) is 5. The molecule has 0 spiro atoms. The molecule has 0 bridgehead atoms. The fourth-order valence-electron chi connectivity index (χ4n) is 5.21. The van der Waals surface area contributed by atoms with E-state index in [9.17, 15) is 9.59 Å². The molecule has 5 aromatic rings. The molecule has 0 saturated carbocycles. The van der Waals surface area contributed by atoms with Crippen LogP contribution in [0.5, 0.6) is 0 Å². The third-order valence-corrected chi connectivity index (χ3v) is 7.36. The number of carbonyl (C=O) groups is 2. The van der Waals surface area contributed by atoms with Crippen molar-refractivity contribution in [2.75, 3.05) is 18.4 Å². The minimum Gasteiger partial charge on any atom is -0.339 e. The van der Waals surface area contributed by atoms with Crippen LogP contribution in [0.25, 0.3) is 16.6 Å². The van der Waals surface area contributed by atoms with E-state index < -0.39 is 0 Å². The number of hydrogen-bond acceptors (Lipinski definition) is 4. The second-order valence-electron chi connectivity index (χ2n) is 9.73. The van der Waals surface area contributed by atoms with Gasteiger partial charge in [0.15, 0.2) is 0 Å². The van der Waals surface area contributed by atoms with Gasteiger partial charge in [-0.2, -0.15) is 5.10 Å². The molecule has 0 aliphatic carbocycles. The predicted octanol–water partition coefficient (Wildman–Crippen LogP) is 4.56. The van der Waals surface area contributed by atoms with E-state index in [1.807, 2.05) is 71.2 Å². The van der Waals surface area contributed by atoms with Crippen molar-refractivity contribution in [3.8, 4) is 0 Å². The van der Waals surface area contributed by atoms with Crippen molar-refractivity contribution in [2.24, 2.45) is 7.05 Å². The maximum Gasteiger partial charge on any atom is 0.319 e. The number of likely N-dealkylation sites (tertiary alicyclic amines) is 1. The highest BCUT2D eigenvalue weighted by Crippen LogP contribution is 2.30. The van der Waals surface area contributed by atoms with Crippen LogP contribution in [0.3, 0.4) is 0 Å². The van der Waals surface area contributed by atoms with Gasteiger partial charge in [-0.15, -0.1) is 0 Å². The van der Waals surface area contributed by atoms with E-state index in [1.54, 1.807) is 17.1 Å². The molecular formula is C29H29N7O2. The van der Waals surface area contributed by atoms with E-state index in [0.29, 0.717) is 31.1 Å².